The number of benzene rings is 1. The second-order valence-electron chi connectivity index (χ2n) is 7.95. The summed E-state index contributed by atoms with van der Waals surface area (Å²) in [6.45, 7) is -0.606. The van der Waals surface area contributed by atoms with E-state index in [0.717, 1.165) is 10.3 Å². The number of alkyl halides is 4. The summed E-state index contributed by atoms with van der Waals surface area (Å²) in [5.41, 5.74) is 3.08. The number of methoxy groups -OCH3 is 1. The van der Waals surface area contributed by atoms with E-state index in [0.29, 0.717) is 33.7 Å². The Balaban J connectivity index is 1.69. The van der Waals surface area contributed by atoms with Crippen LogP contribution in [0.15, 0.2) is 22.9 Å². The van der Waals surface area contributed by atoms with Gasteiger partial charge >= 0.3 is 6.61 Å². The van der Waals surface area contributed by atoms with Gasteiger partial charge in [0, 0.05) is 10.9 Å². The number of imidazole rings is 1. The zero-order chi connectivity index (χ0) is 23.5. The molecule has 0 atom stereocenters. The highest BCUT2D eigenvalue weighted by Gasteiger charge is 2.44. The summed E-state index contributed by atoms with van der Waals surface area (Å²) in [7, 11) is 1.48. The van der Waals surface area contributed by atoms with E-state index in [1.54, 1.807) is 26.0 Å². The molecule has 0 saturated carbocycles. The Morgan fingerprint density at radius 1 is 1.18 bits per heavy atom. The molecule has 1 aliphatic rings. The lowest BCUT2D eigenvalue weighted by Crippen LogP contribution is -2.55. The maximum Gasteiger partial charge on any atom is 0.405 e. The second kappa shape index (κ2) is 7.58. The van der Waals surface area contributed by atoms with Crippen LogP contribution in [0.5, 0.6) is 5.75 Å². The maximum absolute atomic E-state index is 13.3. The summed E-state index contributed by atoms with van der Waals surface area (Å²) in [5.74, 6) is -1.69. The number of pyridine rings is 1. The highest BCUT2D eigenvalue weighted by molar-refractivity contribution is 6.04. The molecule has 0 unspecified atom stereocenters. The molecular formula is C21H19F4N5O3. The molecule has 3 aromatic heterocycles. The van der Waals surface area contributed by atoms with Crippen molar-refractivity contribution in [2.75, 3.05) is 20.2 Å². The van der Waals surface area contributed by atoms with Crippen molar-refractivity contribution in [2.45, 2.75) is 32.9 Å². The average Bonchev–Trinajstić information content (AvgIpc) is 3.24. The lowest BCUT2D eigenvalue weighted by Gasteiger charge is -2.38. The number of likely N-dealkylation sites (tertiary alicyclic amines) is 1. The van der Waals surface area contributed by atoms with E-state index in [9.17, 15) is 17.6 Å². The monoisotopic (exact) mass is 465 g/mol. The fourth-order valence-electron chi connectivity index (χ4n) is 4.25. The number of hydrogen-bond donors (Lipinski definition) is 0. The molecule has 5 rings (SSSR count). The summed E-state index contributed by atoms with van der Waals surface area (Å²) in [6, 6.07) is 3.40. The molecule has 12 heteroatoms. The first-order valence-electron chi connectivity index (χ1n) is 10.0. The van der Waals surface area contributed by atoms with Crippen molar-refractivity contribution in [2.24, 2.45) is 0 Å². The first-order chi connectivity index (χ1) is 15.7. The van der Waals surface area contributed by atoms with Crippen LogP contribution in [-0.2, 0) is 6.54 Å². The standard InChI is InChI=1S/C21H19F4N5O3/c1-10-18(11(2)32-28-10)13-4-14-12(5-16(13)31-3)19-15(6-26-14)27-17(30(19)33-20(22)23)7-29-8-21(24,25)9-29/h4-6,20H,7-9H2,1-3H3. The quantitative estimate of drug-likeness (QED) is 0.399. The molecule has 0 bridgehead atoms. The molecule has 4 aromatic rings. The summed E-state index contributed by atoms with van der Waals surface area (Å²) < 4.78 is 64.8. The first kappa shape index (κ1) is 21.4. The van der Waals surface area contributed by atoms with Gasteiger partial charge in [-0.3, -0.25) is 9.88 Å². The van der Waals surface area contributed by atoms with Crippen molar-refractivity contribution >= 4 is 21.9 Å². The molecule has 8 nitrogen and oxygen atoms in total. The molecule has 0 N–H and O–H groups in total. The number of aryl methyl sites for hydroxylation is 2. The maximum atomic E-state index is 13.3. The van der Waals surface area contributed by atoms with Crippen molar-refractivity contribution in [1.82, 2.24) is 24.8 Å². The molecular weight excluding hydrogens is 446 g/mol. The van der Waals surface area contributed by atoms with Gasteiger partial charge in [-0.25, -0.2) is 13.8 Å². The number of hydrogen-bond acceptors (Lipinski definition) is 7. The Morgan fingerprint density at radius 2 is 1.94 bits per heavy atom. The minimum Gasteiger partial charge on any atom is -0.496 e. The first-order valence-corrected chi connectivity index (χ1v) is 10.0. The van der Waals surface area contributed by atoms with Gasteiger partial charge in [-0.15, -0.1) is 0 Å². The number of rotatable bonds is 6. The Hall–Kier alpha value is -3.41. The van der Waals surface area contributed by atoms with E-state index in [-0.39, 0.29) is 23.4 Å². The third-order valence-electron chi connectivity index (χ3n) is 5.59. The number of fused-ring (bicyclic) bond motifs is 3. The molecule has 0 amide bonds. The van der Waals surface area contributed by atoms with E-state index in [1.807, 2.05) is 0 Å². The highest BCUT2D eigenvalue weighted by atomic mass is 19.3. The van der Waals surface area contributed by atoms with Crippen LogP contribution in [0.1, 0.15) is 17.3 Å². The van der Waals surface area contributed by atoms with Crippen LogP contribution in [0.3, 0.4) is 0 Å². The van der Waals surface area contributed by atoms with Gasteiger partial charge in [-0.2, -0.15) is 13.5 Å². The fraction of sp³-hybridized carbons (Fsp3) is 0.381. The van der Waals surface area contributed by atoms with Crippen LogP contribution in [0.25, 0.3) is 33.1 Å². The van der Waals surface area contributed by atoms with Crippen LogP contribution >= 0.6 is 0 Å². The third kappa shape index (κ3) is 3.63. The van der Waals surface area contributed by atoms with Crippen LogP contribution < -0.4 is 9.57 Å². The highest BCUT2D eigenvalue weighted by Crippen LogP contribution is 2.39. The van der Waals surface area contributed by atoms with E-state index in [1.165, 1.54) is 18.2 Å². The zero-order valence-corrected chi connectivity index (χ0v) is 17.9. The molecule has 1 aromatic carbocycles. The molecule has 0 radical (unpaired) electrons. The minimum atomic E-state index is -3.15. The minimum absolute atomic E-state index is 0.0730. The summed E-state index contributed by atoms with van der Waals surface area (Å²) in [6.07, 6.45) is 1.43. The molecule has 174 valence electrons. The Kier molecular flexibility index (Phi) is 4.92. The Labute approximate surface area is 184 Å². The van der Waals surface area contributed by atoms with E-state index < -0.39 is 25.6 Å². The predicted octanol–water partition coefficient (Wildman–Crippen LogP) is 3.97. The predicted molar refractivity (Wildman–Crippen MR) is 109 cm³/mol. The molecule has 4 heterocycles. The van der Waals surface area contributed by atoms with Gasteiger partial charge in [-0.1, -0.05) is 5.16 Å². The summed E-state index contributed by atoms with van der Waals surface area (Å²) >= 11 is 0. The van der Waals surface area contributed by atoms with E-state index >= 15 is 0 Å². The van der Waals surface area contributed by atoms with Gasteiger partial charge in [0.15, 0.2) is 5.82 Å². The van der Waals surface area contributed by atoms with Crippen molar-refractivity contribution in [1.29, 1.82) is 0 Å². The number of aromatic nitrogens is 4. The third-order valence-corrected chi connectivity index (χ3v) is 5.59. The van der Waals surface area contributed by atoms with Gasteiger partial charge in [0.1, 0.15) is 22.5 Å². The normalized spacial score (nSPS) is 16.0. The van der Waals surface area contributed by atoms with Gasteiger partial charge in [0.05, 0.1) is 49.7 Å². The van der Waals surface area contributed by atoms with Crippen LogP contribution in [0.4, 0.5) is 17.6 Å². The SMILES string of the molecule is COc1cc2c(cc1-c1c(C)noc1C)ncc1nc(CN3CC(F)(F)C3)n(OC(F)F)c12. The van der Waals surface area contributed by atoms with Crippen LogP contribution in [0.2, 0.25) is 0 Å². The number of nitrogens with zero attached hydrogens (tertiary/aromatic N) is 5. The lowest BCUT2D eigenvalue weighted by atomic mass is 10.0. The zero-order valence-electron chi connectivity index (χ0n) is 17.9. The topological polar surface area (TPSA) is 78.4 Å². The van der Waals surface area contributed by atoms with Gasteiger partial charge in [0.25, 0.3) is 5.92 Å². The summed E-state index contributed by atoms with van der Waals surface area (Å²) in [5, 5.41) is 4.42. The Bertz CT molecular complexity index is 1340. The largest absolute Gasteiger partial charge is 0.496 e. The molecule has 1 aliphatic heterocycles. The average molecular weight is 465 g/mol. The molecule has 1 saturated heterocycles. The second-order valence-corrected chi connectivity index (χ2v) is 7.95. The van der Waals surface area contributed by atoms with E-state index in [4.69, 9.17) is 14.1 Å². The van der Waals surface area contributed by atoms with Crippen molar-refractivity contribution in [3.8, 4) is 16.9 Å². The van der Waals surface area contributed by atoms with Gasteiger partial charge < -0.3 is 14.1 Å². The van der Waals surface area contributed by atoms with Crippen molar-refractivity contribution in [3.63, 3.8) is 0 Å². The molecule has 33 heavy (non-hydrogen) atoms. The number of ether oxygens (including phenoxy) is 1. The Morgan fingerprint density at radius 3 is 2.55 bits per heavy atom. The van der Waals surface area contributed by atoms with Crippen molar-refractivity contribution < 1.29 is 31.7 Å². The van der Waals surface area contributed by atoms with Crippen LogP contribution in [-0.4, -0.2) is 57.5 Å². The molecule has 1 fully saturated rings. The smallest absolute Gasteiger partial charge is 0.405 e. The van der Waals surface area contributed by atoms with E-state index in [2.05, 4.69) is 15.1 Å². The van der Waals surface area contributed by atoms with Crippen molar-refractivity contribution in [3.05, 3.63) is 35.6 Å². The van der Waals surface area contributed by atoms with Gasteiger partial charge in [-0.05, 0) is 26.0 Å². The number of halogens is 4. The lowest BCUT2D eigenvalue weighted by molar-refractivity contribution is -0.146. The van der Waals surface area contributed by atoms with Gasteiger partial charge in [0.2, 0.25) is 0 Å². The summed E-state index contributed by atoms with van der Waals surface area (Å²) in [4.78, 5) is 14.9. The molecule has 0 aliphatic carbocycles. The molecule has 0 spiro atoms. The van der Waals surface area contributed by atoms with Crippen LogP contribution in [0, 0.1) is 13.8 Å². The fourth-order valence-corrected chi connectivity index (χ4v) is 4.25.